The largest absolute Gasteiger partial charge is 0.396 e. The molecule has 6 atom stereocenters. The highest BCUT2D eigenvalue weighted by Gasteiger charge is 2.50. The SMILES string of the molecule is CC1CC(=CC=C2CCCC3(C)C2CCC3C(C)CO)CC(O)C1. The molecular formula is C22H36O2. The molecule has 3 aliphatic carbocycles. The fraction of sp³-hybridized carbons (Fsp3) is 0.818. The minimum absolute atomic E-state index is 0.142. The van der Waals surface area contributed by atoms with Crippen molar-refractivity contribution in [1.82, 2.24) is 0 Å². The van der Waals surface area contributed by atoms with Gasteiger partial charge in [0.1, 0.15) is 0 Å². The van der Waals surface area contributed by atoms with Crippen molar-refractivity contribution in [2.75, 3.05) is 6.61 Å². The summed E-state index contributed by atoms with van der Waals surface area (Å²) in [5.74, 6) is 2.40. The van der Waals surface area contributed by atoms with Crippen LogP contribution in [0.3, 0.4) is 0 Å². The van der Waals surface area contributed by atoms with Crippen LogP contribution in [-0.4, -0.2) is 22.9 Å². The molecule has 3 rings (SSSR count). The van der Waals surface area contributed by atoms with E-state index in [4.69, 9.17) is 0 Å². The smallest absolute Gasteiger partial charge is 0.0580 e. The Labute approximate surface area is 148 Å². The highest BCUT2D eigenvalue weighted by molar-refractivity contribution is 5.26. The summed E-state index contributed by atoms with van der Waals surface area (Å²) in [5, 5.41) is 19.7. The van der Waals surface area contributed by atoms with Crippen molar-refractivity contribution in [2.45, 2.75) is 78.2 Å². The number of hydrogen-bond donors (Lipinski definition) is 2. The van der Waals surface area contributed by atoms with Crippen molar-refractivity contribution >= 4 is 0 Å². The second-order valence-corrected chi connectivity index (χ2v) is 9.23. The van der Waals surface area contributed by atoms with Crippen LogP contribution in [0.15, 0.2) is 23.3 Å². The van der Waals surface area contributed by atoms with Crippen molar-refractivity contribution in [3.05, 3.63) is 23.3 Å². The molecule has 0 amide bonds. The Bertz CT molecular complexity index is 494. The van der Waals surface area contributed by atoms with Crippen molar-refractivity contribution in [3.63, 3.8) is 0 Å². The van der Waals surface area contributed by atoms with Crippen LogP contribution >= 0.6 is 0 Å². The summed E-state index contributed by atoms with van der Waals surface area (Å²) in [4.78, 5) is 0. The molecule has 24 heavy (non-hydrogen) atoms. The summed E-state index contributed by atoms with van der Waals surface area (Å²) in [6, 6.07) is 0. The number of rotatable bonds is 3. The van der Waals surface area contributed by atoms with Crippen LogP contribution in [0.4, 0.5) is 0 Å². The first-order valence-electron chi connectivity index (χ1n) is 10.1. The van der Waals surface area contributed by atoms with E-state index >= 15 is 0 Å². The third-order valence-corrected chi connectivity index (χ3v) is 7.33. The maximum atomic E-state index is 10.0. The molecule has 3 saturated carbocycles. The van der Waals surface area contributed by atoms with Gasteiger partial charge in [-0.05, 0) is 80.5 Å². The zero-order chi connectivity index (χ0) is 17.3. The molecule has 2 heteroatoms. The fourth-order valence-electron chi connectivity index (χ4n) is 6.17. The van der Waals surface area contributed by atoms with Gasteiger partial charge in [0.2, 0.25) is 0 Å². The Morgan fingerprint density at radius 1 is 1.25 bits per heavy atom. The standard InChI is InChI=1S/C22H36O2/c1-15-11-17(13-19(24)12-15)6-7-18-5-4-10-22(3)20(16(2)14-23)8-9-21(18)22/h6-7,15-16,19-21,23-24H,4-5,8-14H2,1-3H3. The molecule has 3 fully saturated rings. The quantitative estimate of drug-likeness (QED) is 0.774. The summed E-state index contributed by atoms with van der Waals surface area (Å²) in [5.41, 5.74) is 3.44. The van der Waals surface area contributed by atoms with Gasteiger partial charge in [-0.25, -0.2) is 0 Å². The van der Waals surface area contributed by atoms with Gasteiger partial charge >= 0.3 is 0 Å². The predicted molar refractivity (Wildman–Crippen MR) is 99.6 cm³/mol. The van der Waals surface area contributed by atoms with Crippen LogP contribution in [0.2, 0.25) is 0 Å². The van der Waals surface area contributed by atoms with E-state index in [-0.39, 0.29) is 6.10 Å². The minimum Gasteiger partial charge on any atom is -0.396 e. The Hall–Kier alpha value is -0.600. The highest BCUT2D eigenvalue weighted by Crippen LogP contribution is 2.59. The van der Waals surface area contributed by atoms with Crippen LogP contribution < -0.4 is 0 Å². The maximum Gasteiger partial charge on any atom is 0.0580 e. The molecule has 136 valence electrons. The van der Waals surface area contributed by atoms with Crippen LogP contribution in [-0.2, 0) is 0 Å². The van der Waals surface area contributed by atoms with Crippen molar-refractivity contribution in [3.8, 4) is 0 Å². The Kier molecular flexibility index (Phi) is 5.56. The fourth-order valence-corrected chi connectivity index (χ4v) is 6.17. The molecule has 0 aromatic heterocycles. The van der Waals surface area contributed by atoms with Crippen LogP contribution in [0.5, 0.6) is 0 Å². The lowest BCUT2D eigenvalue weighted by molar-refractivity contribution is 0.0690. The molecule has 0 radical (unpaired) electrons. The average molecular weight is 333 g/mol. The van der Waals surface area contributed by atoms with Gasteiger partial charge in [0.15, 0.2) is 0 Å². The van der Waals surface area contributed by atoms with Gasteiger partial charge in [0.05, 0.1) is 6.10 Å². The van der Waals surface area contributed by atoms with E-state index in [0.717, 1.165) is 19.3 Å². The van der Waals surface area contributed by atoms with E-state index in [1.807, 2.05) is 0 Å². The van der Waals surface area contributed by atoms with E-state index in [2.05, 4.69) is 32.9 Å². The molecule has 6 unspecified atom stereocenters. The first-order chi connectivity index (χ1) is 11.4. The molecule has 0 aliphatic heterocycles. The lowest BCUT2D eigenvalue weighted by atomic mass is 9.61. The molecule has 2 nitrogen and oxygen atoms in total. The van der Waals surface area contributed by atoms with Gasteiger partial charge < -0.3 is 10.2 Å². The summed E-state index contributed by atoms with van der Waals surface area (Å²) in [7, 11) is 0. The van der Waals surface area contributed by atoms with Crippen LogP contribution in [0.1, 0.15) is 72.1 Å². The van der Waals surface area contributed by atoms with Crippen LogP contribution in [0.25, 0.3) is 0 Å². The summed E-state index contributed by atoms with van der Waals surface area (Å²) in [6.07, 6.45) is 14.0. The van der Waals surface area contributed by atoms with E-state index in [1.54, 1.807) is 5.57 Å². The lowest BCUT2D eigenvalue weighted by Crippen LogP contribution is -2.36. The second-order valence-electron chi connectivity index (χ2n) is 9.23. The zero-order valence-corrected chi connectivity index (χ0v) is 15.8. The van der Waals surface area contributed by atoms with Gasteiger partial charge in [-0.1, -0.05) is 44.1 Å². The number of aliphatic hydroxyl groups excluding tert-OH is 2. The Balaban J connectivity index is 1.77. The molecule has 0 aromatic rings. The minimum atomic E-state index is -0.142. The first-order valence-corrected chi connectivity index (χ1v) is 10.1. The third kappa shape index (κ3) is 3.51. The predicted octanol–water partition coefficient (Wildman–Crippen LogP) is 4.86. The van der Waals surface area contributed by atoms with E-state index in [0.29, 0.717) is 35.7 Å². The molecule has 0 heterocycles. The van der Waals surface area contributed by atoms with E-state index < -0.39 is 0 Å². The van der Waals surface area contributed by atoms with Gasteiger partial charge in [-0.15, -0.1) is 0 Å². The Morgan fingerprint density at radius 3 is 2.75 bits per heavy atom. The third-order valence-electron chi connectivity index (χ3n) is 7.33. The molecular weight excluding hydrogens is 296 g/mol. The van der Waals surface area contributed by atoms with Crippen molar-refractivity contribution in [2.24, 2.45) is 29.1 Å². The topological polar surface area (TPSA) is 40.5 Å². The van der Waals surface area contributed by atoms with Crippen molar-refractivity contribution < 1.29 is 10.2 Å². The summed E-state index contributed by atoms with van der Waals surface area (Å²) < 4.78 is 0. The molecule has 0 saturated heterocycles. The maximum absolute atomic E-state index is 10.0. The molecule has 0 spiro atoms. The molecule has 2 N–H and O–H groups in total. The summed E-state index contributed by atoms with van der Waals surface area (Å²) in [6.45, 7) is 7.28. The number of fused-ring (bicyclic) bond motifs is 1. The normalized spacial score (nSPS) is 44.7. The average Bonchev–Trinajstić information content (AvgIpc) is 2.89. The second kappa shape index (κ2) is 7.33. The molecule has 3 aliphatic rings. The molecule has 0 aromatic carbocycles. The first kappa shape index (κ1) is 18.2. The van der Waals surface area contributed by atoms with E-state index in [9.17, 15) is 10.2 Å². The van der Waals surface area contributed by atoms with E-state index in [1.165, 1.54) is 37.7 Å². The summed E-state index contributed by atoms with van der Waals surface area (Å²) >= 11 is 0. The van der Waals surface area contributed by atoms with Gasteiger partial charge in [0, 0.05) is 6.61 Å². The number of hydrogen-bond acceptors (Lipinski definition) is 2. The van der Waals surface area contributed by atoms with Gasteiger partial charge in [0.25, 0.3) is 0 Å². The Morgan fingerprint density at radius 2 is 2.04 bits per heavy atom. The number of allylic oxidation sites excluding steroid dienone is 3. The van der Waals surface area contributed by atoms with Gasteiger partial charge in [-0.3, -0.25) is 0 Å². The monoisotopic (exact) mass is 332 g/mol. The molecule has 0 bridgehead atoms. The van der Waals surface area contributed by atoms with Crippen LogP contribution in [0, 0.1) is 29.1 Å². The zero-order valence-electron chi connectivity index (χ0n) is 15.8. The lowest BCUT2D eigenvalue weighted by Gasteiger charge is -2.44. The van der Waals surface area contributed by atoms with Gasteiger partial charge in [-0.2, -0.15) is 0 Å². The van der Waals surface area contributed by atoms with Crippen molar-refractivity contribution in [1.29, 1.82) is 0 Å². The highest BCUT2D eigenvalue weighted by atomic mass is 16.3. The number of aliphatic hydroxyl groups is 2.